The van der Waals surface area contributed by atoms with Gasteiger partial charge in [0, 0.05) is 11.8 Å². The van der Waals surface area contributed by atoms with Crippen LogP contribution in [0.4, 0.5) is 0 Å². The van der Waals surface area contributed by atoms with Crippen molar-refractivity contribution in [2.45, 2.75) is 26.2 Å². The maximum Gasteiger partial charge on any atom is 0.248 e. The molecule has 0 amide bonds. The van der Waals surface area contributed by atoms with Crippen molar-refractivity contribution in [2.24, 2.45) is 0 Å². The number of H-pyrrole nitrogens is 1. The number of nitrogens with one attached hydrogen (secondary N) is 1. The summed E-state index contributed by atoms with van der Waals surface area (Å²) < 4.78 is 0. The zero-order valence-corrected chi connectivity index (χ0v) is 6.61. The minimum absolute atomic E-state index is 0.0446. The first-order chi connectivity index (χ1) is 5.27. The highest BCUT2D eigenvalue weighted by molar-refractivity contribution is 5.32. The van der Waals surface area contributed by atoms with Crippen molar-refractivity contribution < 1.29 is 0 Å². The van der Waals surface area contributed by atoms with Gasteiger partial charge in [-0.15, -0.1) is 0 Å². The van der Waals surface area contributed by atoms with Gasteiger partial charge < -0.3 is 4.98 Å². The van der Waals surface area contributed by atoms with Crippen LogP contribution in [0.3, 0.4) is 0 Å². The van der Waals surface area contributed by atoms with Crippen LogP contribution in [0.2, 0.25) is 0 Å². The fourth-order valence-electron chi connectivity index (χ4n) is 1.81. The Morgan fingerprint density at radius 2 is 2.27 bits per heavy atom. The maximum absolute atomic E-state index is 11.0. The summed E-state index contributed by atoms with van der Waals surface area (Å²) in [6.45, 7) is 1.98. The molecule has 0 saturated heterocycles. The zero-order chi connectivity index (χ0) is 7.84. The minimum atomic E-state index is 0.0446. The molecule has 1 aliphatic rings. The van der Waals surface area contributed by atoms with Crippen molar-refractivity contribution in [2.75, 3.05) is 0 Å². The molecule has 1 N–H and O–H groups in total. The number of hydrogen-bond acceptors (Lipinski definition) is 1. The molecule has 0 aliphatic heterocycles. The lowest BCUT2D eigenvalue weighted by atomic mass is 10.1. The second kappa shape index (κ2) is 2.22. The molecular formula is C9H11NO. The van der Waals surface area contributed by atoms with Gasteiger partial charge in [-0.25, -0.2) is 0 Å². The normalized spacial score (nSPS) is 15.0. The lowest BCUT2D eigenvalue weighted by Crippen LogP contribution is -2.08. The molecule has 11 heavy (non-hydrogen) atoms. The number of fused-ring (bicyclic) bond motifs is 1. The quantitative estimate of drug-likeness (QED) is 0.590. The molecular weight excluding hydrogens is 138 g/mol. The summed E-state index contributed by atoms with van der Waals surface area (Å²) in [7, 11) is 0. The van der Waals surface area contributed by atoms with E-state index >= 15 is 0 Å². The molecule has 2 rings (SSSR count). The summed E-state index contributed by atoms with van der Waals surface area (Å²) in [6, 6.07) is 1.73. The molecule has 2 heteroatoms. The third-order valence-electron chi connectivity index (χ3n) is 2.33. The highest BCUT2D eigenvalue weighted by Crippen LogP contribution is 2.21. The monoisotopic (exact) mass is 149 g/mol. The molecule has 1 heterocycles. The zero-order valence-electron chi connectivity index (χ0n) is 6.61. The van der Waals surface area contributed by atoms with Gasteiger partial charge in [-0.1, -0.05) is 0 Å². The first-order valence-corrected chi connectivity index (χ1v) is 3.99. The van der Waals surface area contributed by atoms with Crippen molar-refractivity contribution in [3.63, 3.8) is 0 Å². The minimum Gasteiger partial charge on any atom is -0.326 e. The molecule has 1 aromatic heterocycles. The summed E-state index contributed by atoms with van der Waals surface area (Å²) in [5, 5.41) is 0. The van der Waals surface area contributed by atoms with E-state index in [0.29, 0.717) is 0 Å². The van der Waals surface area contributed by atoms with E-state index in [2.05, 4.69) is 4.98 Å². The molecule has 58 valence electrons. The molecule has 2 nitrogen and oxygen atoms in total. The van der Waals surface area contributed by atoms with Gasteiger partial charge in [0.05, 0.1) is 0 Å². The van der Waals surface area contributed by atoms with Crippen LogP contribution in [-0.2, 0) is 12.8 Å². The van der Waals surface area contributed by atoms with Crippen molar-refractivity contribution in [3.8, 4) is 0 Å². The second-order valence-electron chi connectivity index (χ2n) is 3.12. The van der Waals surface area contributed by atoms with Gasteiger partial charge in [0.2, 0.25) is 5.56 Å². The van der Waals surface area contributed by atoms with E-state index in [9.17, 15) is 4.79 Å². The Bertz CT molecular complexity index is 338. The van der Waals surface area contributed by atoms with E-state index < -0.39 is 0 Å². The summed E-state index contributed by atoms with van der Waals surface area (Å²) in [6.07, 6.45) is 3.42. The van der Waals surface area contributed by atoms with Crippen molar-refractivity contribution in [3.05, 3.63) is 33.2 Å². The second-order valence-corrected chi connectivity index (χ2v) is 3.12. The van der Waals surface area contributed by atoms with Gasteiger partial charge in [-0.2, -0.15) is 0 Å². The fourth-order valence-corrected chi connectivity index (χ4v) is 1.81. The molecule has 1 aliphatic carbocycles. The van der Waals surface area contributed by atoms with E-state index in [-0.39, 0.29) is 5.56 Å². The van der Waals surface area contributed by atoms with Gasteiger partial charge in [0.1, 0.15) is 0 Å². The fraction of sp³-hybridized carbons (Fsp3) is 0.444. The highest BCUT2D eigenvalue weighted by atomic mass is 16.1. The van der Waals surface area contributed by atoms with Crippen LogP contribution in [-0.4, -0.2) is 4.98 Å². The van der Waals surface area contributed by atoms with Crippen LogP contribution >= 0.6 is 0 Å². The first kappa shape index (κ1) is 6.65. The van der Waals surface area contributed by atoms with E-state index in [4.69, 9.17) is 0 Å². The Kier molecular flexibility index (Phi) is 1.34. The number of pyridine rings is 1. The Labute approximate surface area is 65.3 Å². The van der Waals surface area contributed by atoms with Gasteiger partial charge in [0.25, 0.3) is 0 Å². The average Bonchev–Trinajstić information content (AvgIpc) is 2.34. The van der Waals surface area contributed by atoms with Gasteiger partial charge in [0.15, 0.2) is 0 Å². The van der Waals surface area contributed by atoms with Crippen LogP contribution in [0.5, 0.6) is 0 Å². The SMILES string of the molecule is Cc1[nH]c(=O)cc2c1CCC2. The van der Waals surface area contributed by atoms with Crippen LogP contribution < -0.4 is 5.56 Å². The molecule has 0 saturated carbocycles. The van der Waals surface area contributed by atoms with E-state index in [1.807, 2.05) is 6.92 Å². The molecule has 0 aromatic carbocycles. The number of aryl methyl sites for hydroxylation is 2. The van der Waals surface area contributed by atoms with E-state index in [0.717, 1.165) is 18.5 Å². The highest BCUT2D eigenvalue weighted by Gasteiger charge is 2.13. The number of rotatable bonds is 0. The summed E-state index contributed by atoms with van der Waals surface area (Å²) in [5.74, 6) is 0. The molecule has 0 atom stereocenters. The third kappa shape index (κ3) is 0.985. The number of hydrogen-bond donors (Lipinski definition) is 1. The third-order valence-corrected chi connectivity index (χ3v) is 2.33. The van der Waals surface area contributed by atoms with Crippen molar-refractivity contribution in [1.29, 1.82) is 0 Å². The van der Waals surface area contributed by atoms with Gasteiger partial charge >= 0.3 is 0 Å². The Morgan fingerprint density at radius 1 is 1.45 bits per heavy atom. The number of aromatic amines is 1. The molecule has 1 aromatic rings. The van der Waals surface area contributed by atoms with Crippen LogP contribution in [0, 0.1) is 6.92 Å². The average molecular weight is 149 g/mol. The first-order valence-electron chi connectivity index (χ1n) is 3.99. The predicted octanol–water partition coefficient (Wildman–Crippen LogP) is 1.17. The summed E-state index contributed by atoms with van der Waals surface area (Å²) in [4.78, 5) is 13.8. The topological polar surface area (TPSA) is 32.9 Å². The van der Waals surface area contributed by atoms with E-state index in [1.165, 1.54) is 17.5 Å². The van der Waals surface area contributed by atoms with Crippen LogP contribution in [0.15, 0.2) is 10.9 Å². The van der Waals surface area contributed by atoms with Crippen LogP contribution in [0.25, 0.3) is 0 Å². The Balaban J connectivity index is 2.70. The van der Waals surface area contributed by atoms with Gasteiger partial charge in [-0.05, 0) is 37.3 Å². The Morgan fingerprint density at radius 3 is 3.09 bits per heavy atom. The van der Waals surface area contributed by atoms with Crippen molar-refractivity contribution in [1.82, 2.24) is 4.98 Å². The maximum atomic E-state index is 11.0. The lowest BCUT2D eigenvalue weighted by Gasteiger charge is -2.00. The van der Waals surface area contributed by atoms with Crippen LogP contribution in [0.1, 0.15) is 23.2 Å². The smallest absolute Gasteiger partial charge is 0.248 e. The Hall–Kier alpha value is -1.05. The van der Waals surface area contributed by atoms with E-state index in [1.54, 1.807) is 6.07 Å². The summed E-state index contributed by atoms with van der Waals surface area (Å²) in [5.41, 5.74) is 3.73. The molecule has 0 fully saturated rings. The predicted molar refractivity (Wildman–Crippen MR) is 43.8 cm³/mol. The standard InChI is InChI=1S/C9H11NO/c1-6-8-4-2-3-7(8)5-9(11)10-6/h5H,2-4H2,1H3,(H,10,11). The lowest BCUT2D eigenvalue weighted by molar-refractivity contribution is 0.907. The molecule has 0 bridgehead atoms. The van der Waals surface area contributed by atoms with Crippen molar-refractivity contribution >= 4 is 0 Å². The number of aromatic nitrogens is 1. The van der Waals surface area contributed by atoms with Gasteiger partial charge in [-0.3, -0.25) is 4.79 Å². The molecule has 0 radical (unpaired) electrons. The molecule has 0 spiro atoms. The molecule has 0 unspecified atom stereocenters. The largest absolute Gasteiger partial charge is 0.326 e. The summed E-state index contributed by atoms with van der Waals surface area (Å²) >= 11 is 0.